The lowest BCUT2D eigenvalue weighted by atomic mass is 9.65. The van der Waals surface area contributed by atoms with Gasteiger partial charge in [-0.25, -0.2) is 0 Å². The molecule has 0 aromatic rings. The Kier molecular flexibility index (Phi) is 1.70. The van der Waals surface area contributed by atoms with Crippen LogP contribution in [0.3, 0.4) is 0 Å². The lowest BCUT2D eigenvalue weighted by molar-refractivity contribution is -0.145. The van der Waals surface area contributed by atoms with Crippen molar-refractivity contribution in [2.24, 2.45) is 17.8 Å². The molecule has 0 N–H and O–H groups in total. The summed E-state index contributed by atoms with van der Waals surface area (Å²) >= 11 is 0. The topological polar surface area (TPSA) is 43.4 Å². The number of Topliss-reactive ketones (excluding diaryl/α,β-unsaturated/α-hetero) is 1. The van der Waals surface area contributed by atoms with E-state index < -0.39 is 0 Å². The zero-order valence-electron chi connectivity index (χ0n) is 8.07. The first-order valence-corrected chi connectivity index (χ1v) is 5.50. The molecule has 1 aliphatic heterocycles. The van der Waals surface area contributed by atoms with Crippen LogP contribution in [0, 0.1) is 17.8 Å². The van der Waals surface area contributed by atoms with Crippen molar-refractivity contribution in [2.75, 3.05) is 0 Å². The third kappa shape index (κ3) is 0.983. The smallest absolute Gasteiger partial charge is 0.309 e. The monoisotopic (exact) mass is 194 g/mol. The van der Waals surface area contributed by atoms with E-state index in [0.29, 0.717) is 12.2 Å². The number of carbonyl (C=O) groups is 2. The lowest BCUT2D eigenvalue weighted by Gasteiger charge is -2.36. The van der Waals surface area contributed by atoms with Crippen molar-refractivity contribution in [3.8, 4) is 0 Å². The summed E-state index contributed by atoms with van der Waals surface area (Å²) in [7, 11) is 0. The second-order valence-electron chi connectivity index (χ2n) is 4.70. The summed E-state index contributed by atoms with van der Waals surface area (Å²) in [4.78, 5) is 23.2. The molecule has 3 heteroatoms. The molecule has 76 valence electrons. The molecule has 1 saturated heterocycles. The number of ether oxygens (including phenoxy) is 1. The van der Waals surface area contributed by atoms with Crippen LogP contribution in [0.1, 0.15) is 32.1 Å². The van der Waals surface area contributed by atoms with Gasteiger partial charge in [0.25, 0.3) is 0 Å². The first-order chi connectivity index (χ1) is 6.77. The molecule has 0 spiro atoms. The normalized spacial score (nSPS) is 46.0. The summed E-state index contributed by atoms with van der Waals surface area (Å²) in [5.74, 6) is 0.744. The molecule has 4 atom stereocenters. The highest BCUT2D eigenvalue weighted by Crippen LogP contribution is 2.47. The zero-order chi connectivity index (χ0) is 9.71. The molecular weight excluding hydrogens is 180 g/mol. The quantitative estimate of drug-likeness (QED) is 0.546. The Morgan fingerprint density at radius 2 is 1.86 bits per heavy atom. The van der Waals surface area contributed by atoms with E-state index in [1.807, 2.05) is 0 Å². The minimum Gasteiger partial charge on any atom is -0.462 e. The number of rotatable bonds is 0. The molecule has 0 unspecified atom stereocenters. The van der Waals surface area contributed by atoms with Crippen molar-refractivity contribution < 1.29 is 14.3 Å². The fourth-order valence-corrected chi connectivity index (χ4v) is 3.43. The van der Waals surface area contributed by atoms with Crippen LogP contribution in [-0.4, -0.2) is 17.9 Å². The molecule has 0 aromatic carbocycles. The molecule has 2 saturated carbocycles. The van der Waals surface area contributed by atoms with Gasteiger partial charge in [0.15, 0.2) is 0 Å². The summed E-state index contributed by atoms with van der Waals surface area (Å²) in [6.45, 7) is 0. The average molecular weight is 194 g/mol. The fourth-order valence-electron chi connectivity index (χ4n) is 3.43. The first kappa shape index (κ1) is 8.45. The molecular formula is C11H14O3. The highest BCUT2D eigenvalue weighted by molar-refractivity contribution is 5.85. The standard InChI is InChI=1S/C11H14O3/c12-8-4-5-9-10-6(8)2-1-3-7(10)11(13)14-9/h6-7,9-10H,1-5H2/t6-,7+,9+,10-/m0/s1. The SMILES string of the molecule is O=C1CC[C@H]2OC(=O)[C@@H]3CCC[C@@H]1[C@H]23. The van der Waals surface area contributed by atoms with E-state index in [1.165, 1.54) is 0 Å². The van der Waals surface area contributed by atoms with Gasteiger partial charge in [0, 0.05) is 18.3 Å². The number of hydrogen-bond acceptors (Lipinski definition) is 3. The minimum atomic E-state index is -0.0422. The Labute approximate surface area is 82.8 Å². The van der Waals surface area contributed by atoms with Gasteiger partial charge in [0.1, 0.15) is 11.9 Å². The number of hydrogen-bond donors (Lipinski definition) is 0. The maximum absolute atomic E-state index is 11.7. The van der Waals surface area contributed by atoms with Crippen LogP contribution in [0.4, 0.5) is 0 Å². The molecule has 0 radical (unpaired) electrons. The lowest BCUT2D eigenvalue weighted by Crippen LogP contribution is -2.41. The summed E-state index contributed by atoms with van der Waals surface area (Å²) in [6, 6.07) is 0. The Bertz CT molecular complexity index is 295. The van der Waals surface area contributed by atoms with Gasteiger partial charge in [-0.1, -0.05) is 6.42 Å². The van der Waals surface area contributed by atoms with Crippen LogP contribution in [-0.2, 0) is 14.3 Å². The summed E-state index contributed by atoms with van der Waals surface area (Å²) in [5.41, 5.74) is 0. The van der Waals surface area contributed by atoms with E-state index in [1.54, 1.807) is 0 Å². The second-order valence-corrected chi connectivity index (χ2v) is 4.70. The summed E-state index contributed by atoms with van der Waals surface area (Å²) in [5, 5.41) is 0. The molecule has 3 nitrogen and oxygen atoms in total. The van der Waals surface area contributed by atoms with Gasteiger partial charge in [-0.05, 0) is 19.3 Å². The van der Waals surface area contributed by atoms with E-state index >= 15 is 0 Å². The molecule has 0 amide bonds. The Hall–Kier alpha value is -0.860. The van der Waals surface area contributed by atoms with Gasteiger partial charge in [-0.15, -0.1) is 0 Å². The minimum absolute atomic E-state index is 0.0422. The van der Waals surface area contributed by atoms with Gasteiger partial charge < -0.3 is 4.74 Å². The van der Waals surface area contributed by atoms with E-state index in [2.05, 4.69) is 0 Å². The van der Waals surface area contributed by atoms with Gasteiger partial charge in [0.05, 0.1) is 5.92 Å². The van der Waals surface area contributed by atoms with Crippen molar-refractivity contribution in [3.63, 3.8) is 0 Å². The van der Waals surface area contributed by atoms with Gasteiger partial charge in [0.2, 0.25) is 0 Å². The zero-order valence-corrected chi connectivity index (χ0v) is 8.07. The highest BCUT2D eigenvalue weighted by atomic mass is 16.6. The highest BCUT2D eigenvalue weighted by Gasteiger charge is 2.53. The van der Waals surface area contributed by atoms with Crippen molar-refractivity contribution in [1.29, 1.82) is 0 Å². The Balaban J connectivity index is 1.95. The van der Waals surface area contributed by atoms with E-state index in [9.17, 15) is 9.59 Å². The van der Waals surface area contributed by atoms with Gasteiger partial charge in [-0.3, -0.25) is 9.59 Å². The fraction of sp³-hybridized carbons (Fsp3) is 0.818. The van der Waals surface area contributed by atoms with Crippen molar-refractivity contribution in [3.05, 3.63) is 0 Å². The van der Waals surface area contributed by atoms with Crippen molar-refractivity contribution in [2.45, 2.75) is 38.2 Å². The first-order valence-electron chi connectivity index (χ1n) is 5.50. The summed E-state index contributed by atoms with van der Waals surface area (Å²) < 4.78 is 5.34. The Morgan fingerprint density at radius 3 is 2.71 bits per heavy atom. The third-order valence-corrected chi connectivity index (χ3v) is 4.05. The van der Waals surface area contributed by atoms with E-state index in [0.717, 1.165) is 25.7 Å². The molecule has 2 aliphatic carbocycles. The van der Waals surface area contributed by atoms with Crippen molar-refractivity contribution >= 4 is 11.8 Å². The van der Waals surface area contributed by atoms with Crippen LogP contribution in [0.2, 0.25) is 0 Å². The molecule has 3 aliphatic rings. The molecule has 14 heavy (non-hydrogen) atoms. The van der Waals surface area contributed by atoms with Crippen LogP contribution in [0.15, 0.2) is 0 Å². The molecule has 3 fully saturated rings. The molecule has 0 bridgehead atoms. The van der Waals surface area contributed by atoms with Crippen LogP contribution in [0.25, 0.3) is 0 Å². The van der Waals surface area contributed by atoms with Gasteiger partial charge in [-0.2, -0.15) is 0 Å². The summed E-state index contributed by atoms with van der Waals surface area (Å²) in [6.07, 6.45) is 4.38. The number of ketones is 1. The van der Waals surface area contributed by atoms with E-state index in [-0.39, 0.29) is 29.8 Å². The Morgan fingerprint density at radius 1 is 1.07 bits per heavy atom. The second kappa shape index (κ2) is 2.81. The molecule has 3 rings (SSSR count). The maximum Gasteiger partial charge on any atom is 0.309 e. The molecule has 0 aromatic heterocycles. The van der Waals surface area contributed by atoms with E-state index in [4.69, 9.17) is 4.74 Å². The maximum atomic E-state index is 11.7. The largest absolute Gasteiger partial charge is 0.462 e. The third-order valence-electron chi connectivity index (χ3n) is 4.05. The predicted octanol–water partition coefficient (Wildman–Crippen LogP) is 1.31. The number of esters is 1. The number of carbonyl (C=O) groups excluding carboxylic acids is 2. The van der Waals surface area contributed by atoms with Crippen LogP contribution >= 0.6 is 0 Å². The van der Waals surface area contributed by atoms with Crippen LogP contribution < -0.4 is 0 Å². The van der Waals surface area contributed by atoms with Gasteiger partial charge >= 0.3 is 5.97 Å². The van der Waals surface area contributed by atoms with Crippen LogP contribution in [0.5, 0.6) is 0 Å². The molecule has 1 heterocycles. The van der Waals surface area contributed by atoms with Crippen molar-refractivity contribution in [1.82, 2.24) is 0 Å². The average Bonchev–Trinajstić information content (AvgIpc) is 2.52. The predicted molar refractivity (Wildman–Crippen MR) is 48.4 cm³/mol.